The summed E-state index contributed by atoms with van der Waals surface area (Å²) < 4.78 is 5.57. The number of ketones is 1. The van der Waals surface area contributed by atoms with Crippen LogP contribution in [0.4, 0.5) is 5.69 Å². The van der Waals surface area contributed by atoms with E-state index in [0.717, 1.165) is 10.4 Å². The average molecular weight is 420 g/mol. The number of ether oxygens (including phenoxy) is 1. The maximum Gasteiger partial charge on any atom is 0.300 e. The van der Waals surface area contributed by atoms with Crippen LogP contribution in [0.3, 0.4) is 0 Å². The van der Waals surface area contributed by atoms with Crippen molar-refractivity contribution in [3.63, 3.8) is 0 Å². The van der Waals surface area contributed by atoms with Crippen molar-refractivity contribution in [2.45, 2.75) is 19.9 Å². The number of aliphatic hydroxyl groups excluding tert-OH is 1. The zero-order chi connectivity index (χ0) is 21.3. The third kappa shape index (κ3) is 3.50. The Hall–Kier alpha value is -3.38. The summed E-state index contributed by atoms with van der Waals surface area (Å²) in [7, 11) is 0. The van der Waals surface area contributed by atoms with Crippen LogP contribution < -0.4 is 9.64 Å². The van der Waals surface area contributed by atoms with E-state index in [1.165, 1.54) is 16.2 Å². The number of thiophene rings is 1. The van der Waals surface area contributed by atoms with Gasteiger partial charge in [-0.2, -0.15) is 0 Å². The molecule has 5 nitrogen and oxygen atoms in total. The number of rotatable bonds is 5. The van der Waals surface area contributed by atoms with Crippen molar-refractivity contribution in [2.24, 2.45) is 0 Å². The molecule has 3 aromatic rings. The molecule has 1 N–H and O–H groups in total. The van der Waals surface area contributed by atoms with E-state index < -0.39 is 17.7 Å². The number of anilines is 1. The Morgan fingerprint density at radius 3 is 2.53 bits per heavy atom. The minimum atomic E-state index is -0.705. The first kappa shape index (κ1) is 19.9. The van der Waals surface area contributed by atoms with Crippen molar-refractivity contribution in [1.29, 1.82) is 0 Å². The Bertz CT molecular complexity index is 1120. The molecule has 30 heavy (non-hydrogen) atoms. The van der Waals surface area contributed by atoms with Crippen molar-refractivity contribution >= 4 is 34.5 Å². The molecule has 152 valence electrons. The van der Waals surface area contributed by atoms with Gasteiger partial charge in [-0.25, -0.2) is 0 Å². The molecule has 1 aromatic heterocycles. The molecule has 1 aliphatic rings. The fraction of sp³-hybridized carbons (Fsp3) is 0.167. The second-order valence-electron chi connectivity index (χ2n) is 6.98. The molecule has 6 heteroatoms. The number of Topliss-reactive ketones (excluding diaryl/α,β-unsaturated/α-hetero) is 1. The summed E-state index contributed by atoms with van der Waals surface area (Å²) >= 11 is 1.43. The van der Waals surface area contributed by atoms with Crippen LogP contribution in [-0.2, 0) is 9.59 Å². The maximum absolute atomic E-state index is 13.1. The number of amides is 1. The van der Waals surface area contributed by atoms with E-state index in [1.807, 2.05) is 43.5 Å². The highest BCUT2D eigenvalue weighted by atomic mass is 32.1. The second kappa shape index (κ2) is 8.16. The lowest BCUT2D eigenvalue weighted by Gasteiger charge is -2.24. The summed E-state index contributed by atoms with van der Waals surface area (Å²) in [5.41, 5.74) is 2.18. The molecule has 1 saturated heterocycles. The quantitative estimate of drug-likeness (QED) is 0.356. The van der Waals surface area contributed by atoms with Crippen LogP contribution >= 0.6 is 11.3 Å². The van der Waals surface area contributed by atoms with Crippen molar-refractivity contribution in [2.75, 3.05) is 11.5 Å². The zero-order valence-electron chi connectivity index (χ0n) is 16.7. The van der Waals surface area contributed by atoms with Crippen LogP contribution in [0, 0.1) is 6.92 Å². The van der Waals surface area contributed by atoms with Crippen LogP contribution in [0.15, 0.2) is 71.6 Å². The van der Waals surface area contributed by atoms with Crippen molar-refractivity contribution in [1.82, 2.24) is 0 Å². The molecule has 2 aromatic carbocycles. The molecule has 1 atom stereocenters. The fourth-order valence-corrected chi connectivity index (χ4v) is 4.40. The number of hydrogen-bond acceptors (Lipinski definition) is 5. The van der Waals surface area contributed by atoms with E-state index in [2.05, 4.69) is 0 Å². The first-order valence-corrected chi connectivity index (χ1v) is 10.5. The minimum absolute atomic E-state index is 0.0908. The third-order valence-electron chi connectivity index (χ3n) is 4.99. The van der Waals surface area contributed by atoms with Gasteiger partial charge in [-0.1, -0.05) is 42.0 Å². The average Bonchev–Trinajstić information content (AvgIpc) is 3.36. The summed E-state index contributed by atoms with van der Waals surface area (Å²) in [5.74, 6) is -0.931. The lowest BCUT2D eigenvalue weighted by Crippen LogP contribution is -2.29. The zero-order valence-corrected chi connectivity index (χ0v) is 17.5. The van der Waals surface area contributed by atoms with Gasteiger partial charge < -0.3 is 9.84 Å². The monoisotopic (exact) mass is 419 g/mol. The normalized spacial score (nSPS) is 18.1. The molecular formula is C24H21NO4S. The highest BCUT2D eigenvalue weighted by Crippen LogP contribution is 2.44. The molecule has 4 rings (SSSR count). The molecule has 1 fully saturated rings. The van der Waals surface area contributed by atoms with E-state index >= 15 is 0 Å². The largest absolute Gasteiger partial charge is 0.507 e. The molecule has 0 bridgehead atoms. The molecule has 0 aliphatic carbocycles. The summed E-state index contributed by atoms with van der Waals surface area (Å²) in [6, 6.07) is 17.3. The topological polar surface area (TPSA) is 66.8 Å². The van der Waals surface area contributed by atoms with Crippen LogP contribution in [0.5, 0.6) is 5.75 Å². The number of carbonyl (C=O) groups is 2. The summed E-state index contributed by atoms with van der Waals surface area (Å²) in [6.45, 7) is 4.32. The predicted molar refractivity (Wildman–Crippen MR) is 118 cm³/mol. The number of benzene rings is 2. The maximum atomic E-state index is 13.1. The predicted octanol–water partition coefficient (Wildman–Crippen LogP) is 5.08. The minimum Gasteiger partial charge on any atom is -0.507 e. The third-order valence-corrected chi connectivity index (χ3v) is 5.91. The van der Waals surface area contributed by atoms with Crippen LogP contribution in [0.25, 0.3) is 5.76 Å². The first-order valence-electron chi connectivity index (χ1n) is 9.65. The highest BCUT2D eigenvalue weighted by Gasteiger charge is 2.47. The van der Waals surface area contributed by atoms with Crippen molar-refractivity contribution in [3.8, 4) is 5.75 Å². The number of carbonyl (C=O) groups excluding carboxylic acids is 2. The Balaban J connectivity index is 1.88. The first-order chi connectivity index (χ1) is 14.5. The van der Waals surface area contributed by atoms with Crippen molar-refractivity contribution < 1.29 is 19.4 Å². The summed E-state index contributed by atoms with van der Waals surface area (Å²) in [4.78, 5) is 28.4. The van der Waals surface area contributed by atoms with Gasteiger partial charge in [0.2, 0.25) is 0 Å². The van der Waals surface area contributed by atoms with Gasteiger partial charge in [0.15, 0.2) is 0 Å². The van der Waals surface area contributed by atoms with Crippen LogP contribution in [0.1, 0.15) is 29.0 Å². The smallest absolute Gasteiger partial charge is 0.300 e. The molecule has 1 unspecified atom stereocenters. The second-order valence-corrected chi connectivity index (χ2v) is 7.96. The molecule has 0 spiro atoms. The lowest BCUT2D eigenvalue weighted by atomic mass is 9.99. The molecule has 1 amide bonds. The Morgan fingerprint density at radius 2 is 1.87 bits per heavy atom. The van der Waals surface area contributed by atoms with E-state index in [4.69, 9.17) is 4.74 Å². The number of nitrogens with zero attached hydrogens (tertiary/aromatic N) is 1. The van der Waals surface area contributed by atoms with E-state index in [-0.39, 0.29) is 11.3 Å². The molecule has 2 heterocycles. The van der Waals surface area contributed by atoms with Crippen LogP contribution in [0.2, 0.25) is 0 Å². The van der Waals surface area contributed by atoms with Gasteiger partial charge >= 0.3 is 0 Å². The van der Waals surface area contributed by atoms with Gasteiger partial charge in [0, 0.05) is 22.2 Å². The summed E-state index contributed by atoms with van der Waals surface area (Å²) in [5, 5.41) is 12.9. The van der Waals surface area contributed by atoms with Gasteiger partial charge in [0.1, 0.15) is 17.6 Å². The molecule has 0 saturated carbocycles. The SMILES string of the molecule is CCOc1cccc(N2C(=O)C(=O)/C(=C(\O)c3ccc(C)cc3)C2c2cccs2)c1. The van der Waals surface area contributed by atoms with Gasteiger partial charge in [-0.05, 0) is 37.4 Å². The number of hydrogen-bond donors (Lipinski definition) is 1. The van der Waals surface area contributed by atoms with Crippen molar-refractivity contribution in [3.05, 3.63) is 87.6 Å². The molecular weight excluding hydrogens is 398 g/mol. The van der Waals surface area contributed by atoms with Gasteiger partial charge in [0.25, 0.3) is 11.7 Å². The Kier molecular flexibility index (Phi) is 5.42. The lowest BCUT2D eigenvalue weighted by molar-refractivity contribution is -0.132. The van der Waals surface area contributed by atoms with Crippen LogP contribution in [-0.4, -0.2) is 23.4 Å². The van der Waals surface area contributed by atoms with E-state index in [0.29, 0.717) is 23.6 Å². The van der Waals surface area contributed by atoms with E-state index in [9.17, 15) is 14.7 Å². The fourth-order valence-electron chi connectivity index (χ4n) is 3.57. The Morgan fingerprint density at radius 1 is 1.10 bits per heavy atom. The van der Waals surface area contributed by atoms with E-state index in [1.54, 1.807) is 36.4 Å². The molecule has 0 radical (unpaired) electrons. The molecule has 1 aliphatic heterocycles. The van der Waals surface area contributed by atoms with Gasteiger partial charge in [0.05, 0.1) is 12.2 Å². The Labute approximate surface area is 178 Å². The van der Waals surface area contributed by atoms with Gasteiger partial charge in [-0.15, -0.1) is 11.3 Å². The number of aryl methyl sites for hydroxylation is 1. The number of aliphatic hydroxyl groups is 1. The van der Waals surface area contributed by atoms with Gasteiger partial charge in [-0.3, -0.25) is 14.5 Å². The summed E-state index contributed by atoms with van der Waals surface area (Å²) in [6.07, 6.45) is 0. The highest BCUT2D eigenvalue weighted by molar-refractivity contribution is 7.10. The standard InChI is InChI=1S/C24H21NO4S/c1-3-29-18-7-4-6-17(14-18)25-21(19-8-5-13-30-19)20(23(27)24(25)28)22(26)16-11-9-15(2)10-12-16/h4-14,21,26H,3H2,1-2H3/b22-20-.